The second-order valence-corrected chi connectivity index (χ2v) is 11.3. The molecule has 1 saturated heterocycles. The zero-order valence-electron chi connectivity index (χ0n) is 23.5. The molecule has 4 nitrogen and oxygen atoms in total. The van der Waals surface area contributed by atoms with E-state index in [0.29, 0.717) is 24.5 Å². The zero-order chi connectivity index (χ0) is 28.2. The summed E-state index contributed by atoms with van der Waals surface area (Å²) < 4.78 is 2.28. The summed E-state index contributed by atoms with van der Waals surface area (Å²) in [7, 11) is 0. The fourth-order valence-corrected chi connectivity index (χ4v) is 6.56. The number of aryl methyl sites for hydroxylation is 1. The third kappa shape index (κ3) is 5.81. The van der Waals surface area contributed by atoms with Crippen LogP contribution in [0, 0.1) is 0 Å². The van der Waals surface area contributed by atoms with Crippen molar-refractivity contribution in [1.29, 1.82) is 0 Å². The summed E-state index contributed by atoms with van der Waals surface area (Å²) in [6, 6.07) is 38.1. The molecule has 1 aromatic heterocycles. The maximum atomic E-state index is 13.9. The number of nitrogens with zero attached hydrogens (tertiary/aromatic N) is 3. The Labute approximate surface area is 247 Å². The lowest BCUT2D eigenvalue weighted by atomic mass is 9.87. The van der Waals surface area contributed by atoms with Crippen molar-refractivity contribution in [3.63, 3.8) is 0 Å². The first kappa shape index (κ1) is 27.3. The van der Waals surface area contributed by atoms with E-state index in [1.54, 1.807) is 0 Å². The normalized spacial score (nSPS) is 15.0. The van der Waals surface area contributed by atoms with Crippen LogP contribution >= 0.6 is 11.6 Å². The predicted octanol–water partition coefficient (Wildman–Crippen LogP) is 7.77. The first-order valence-corrected chi connectivity index (χ1v) is 14.9. The Morgan fingerprint density at radius 1 is 0.756 bits per heavy atom. The molecule has 1 aliphatic heterocycles. The van der Waals surface area contributed by atoms with Gasteiger partial charge < -0.3 is 9.47 Å². The van der Waals surface area contributed by atoms with E-state index in [2.05, 4.69) is 118 Å². The average molecular weight is 562 g/mol. The van der Waals surface area contributed by atoms with Crippen LogP contribution in [0.4, 0.5) is 0 Å². The van der Waals surface area contributed by atoms with E-state index in [1.807, 2.05) is 18.2 Å². The molecule has 1 aliphatic rings. The van der Waals surface area contributed by atoms with Crippen LogP contribution in [0.25, 0.3) is 10.9 Å². The summed E-state index contributed by atoms with van der Waals surface area (Å²) >= 11 is 6.45. The van der Waals surface area contributed by atoms with Gasteiger partial charge >= 0.3 is 0 Å². The number of hydrogen-bond acceptors (Lipinski definition) is 2. The van der Waals surface area contributed by atoms with Gasteiger partial charge in [-0.25, -0.2) is 0 Å². The van der Waals surface area contributed by atoms with Crippen molar-refractivity contribution in [3.05, 3.63) is 143 Å². The van der Waals surface area contributed by atoms with E-state index in [4.69, 9.17) is 11.6 Å². The van der Waals surface area contributed by atoms with Gasteiger partial charge in [-0.05, 0) is 47.4 Å². The lowest BCUT2D eigenvalue weighted by Crippen LogP contribution is -2.50. The highest BCUT2D eigenvalue weighted by Crippen LogP contribution is 2.36. The average Bonchev–Trinajstić information content (AvgIpc) is 3.40. The fourth-order valence-electron chi connectivity index (χ4n) is 6.36. The Morgan fingerprint density at radius 3 is 2.00 bits per heavy atom. The Hall–Kier alpha value is -3.86. The number of hydrogen-bond donors (Lipinski definition) is 0. The van der Waals surface area contributed by atoms with Gasteiger partial charge in [-0.15, -0.1) is 0 Å². The van der Waals surface area contributed by atoms with Crippen molar-refractivity contribution in [2.75, 3.05) is 26.2 Å². The summed E-state index contributed by atoms with van der Waals surface area (Å²) in [6.07, 6.45) is 2.64. The van der Waals surface area contributed by atoms with Crippen LogP contribution in [0.5, 0.6) is 0 Å². The maximum absolute atomic E-state index is 13.9. The number of fused-ring (bicyclic) bond motifs is 1. The van der Waals surface area contributed by atoms with E-state index in [9.17, 15) is 4.79 Å². The van der Waals surface area contributed by atoms with Crippen LogP contribution < -0.4 is 0 Å². The minimum absolute atomic E-state index is 0.0710. The highest BCUT2D eigenvalue weighted by Gasteiger charge is 2.30. The molecule has 0 bridgehead atoms. The molecule has 0 saturated carbocycles. The molecule has 41 heavy (non-hydrogen) atoms. The van der Waals surface area contributed by atoms with Gasteiger partial charge in [-0.1, -0.05) is 103 Å². The van der Waals surface area contributed by atoms with Crippen molar-refractivity contribution in [3.8, 4) is 0 Å². The third-order valence-electron chi connectivity index (χ3n) is 8.43. The van der Waals surface area contributed by atoms with Crippen molar-refractivity contribution < 1.29 is 4.79 Å². The van der Waals surface area contributed by atoms with Gasteiger partial charge in [-0.3, -0.25) is 9.69 Å². The number of benzene rings is 4. The molecule has 0 spiro atoms. The minimum Gasteiger partial charge on any atom is -0.347 e. The third-order valence-corrected chi connectivity index (χ3v) is 8.66. The molecule has 5 heteroatoms. The first-order valence-electron chi connectivity index (χ1n) is 14.6. The molecule has 1 fully saturated rings. The fraction of sp³-hybridized carbons (Fsp3) is 0.250. The van der Waals surface area contributed by atoms with Crippen molar-refractivity contribution in [2.45, 2.75) is 31.8 Å². The second-order valence-electron chi connectivity index (χ2n) is 10.8. The minimum atomic E-state index is -0.0710. The molecule has 2 heterocycles. The van der Waals surface area contributed by atoms with Gasteiger partial charge in [0.2, 0.25) is 5.91 Å². The van der Waals surface area contributed by atoms with Gasteiger partial charge in [0.15, 0.2) is 0 Å². The van der Waals surface area contributed by atoms with Crippen molar-refractivity contribution in [2.24, 2.45) is 0 Å². The maximum Gasteiger partial charge on any atom is 0.223 e. The second kappa shape index (κ2) is 12.3. The predicted molar refractivity (Wildman–Crippen MR) is 168 cm³/mol. The van der Waals surface area contributed by atoms with E-state index in [0.717, 1.165) is 25.2 Å². The summed E-state index contributed by atoms with van der Waals surface area (Å²) in [5, 5.41) is 1.89. The largest absolute Gasteiger partial charge is 0.347 e. The van der Waals surface area contributed by atoms with Crippen molar-refractivity contribution in [1.82, 2.24) is 14.4 Å². The van der Waals surface area contributed by atoms with Gasteiger partial charge in [0.1, 0.15) is 0 Å². The first-order chi connectivity index (χ1) is 20.1. The van der Waals surface area contributed by atoms with Gasteiger partial charge in [-0.2, -0.15) is 0 Å². The number of rotatable bonds is 8. The molecule has 0 N–H and O–H groups in total. The molecule has 4 aromatic carbocycles. The van der Waals surface area contributed by atoms with E-state index >= 15 is 0 Å². The van der Waals surface area contributed by atoms with Gasteiger partial charge in [0.05, 0.1) is 6.04 Å². The number of halogens is 1. The number of para-hydroxylation sites is 1. The van der Waals surface area contributed by atoms with Crippen molar-refractivity contribution >= 4 is 28.4 Å². The lowest BCUT2D eigenvalue weighted by molar-refractivity contribution is -0.133. The Morgan fingerprint density at radius 2 is 1.37 bits per heavy atom. The zero-order valence-corrected chi connectivity index (χ0v) is 24.3. The number of aromatic nitrogens is 1. The van der Waals surface area contributed by atoms with Crippen LogP contribution in [0.2, 0.25) is 5.02 Å². The summed E-state index contributed by atoms with van der Waals surface area (Å²) in [5.74, 6) is 0.122. The summed E-state index contributed by atoms with van der Waals surface area (Å²) in [5.41, 5.74) is 6.03. The molecule has 5 aromatic rings. The van der Waals surface area contributed by atoms with Crippen LogP contribution in [0.3, 0.4) is 0 Å². The molecule has 208 valence electrons. The highest BCUT2D eigenvalue weighted by atomic mass is 35.5. The molecule has 1 amide bonds. The van der Waals surface area contributed by atoms with Crippen LogP contribution in [-0.4, -0.2) is 46.5 Å². The smallest absolute Gasteiger partial charge is 0.223 e. The summed E-state index contributed by atoms with van der Waals surface area (Å²) in [6.45, 7) is 6.13. The monoisotopic (exact) mass is 561 g/mol. The van der Waals surface area contributed by atoms with Gasteiger partial charge in [0, 0.05) is 67.2 Å². The Balaban J connectivity index is 1.24. The molecule has 1 atom stereocenters. The van der Waals surface area contributed by atoms with Gasteiger partial charge in [0.25, 0.3) is 0 Å². The van der Waals surface area contributed by atoms with E-state index in [-0.39, 0.29) is 17.9 Å². The lowest BCUT2D eigenvalue weighted by Gasteiger charge is -2.40. The number of amides is 1. The quantitative estimate of drug-likeness (QED) is 0.193. The highest BCUT2D eigenvalue weighted by molar-refractivity contribution is 6.30. The standard InChI is InChI=1S/C36H36ClN3O/c1-2-38-26-33(31-18-9-10-19-34(31)38)32(29-16-11-17-30(37)24-29)25-35(41)39-20-22-40(23-21-39)36(27-12-5-3-6-13-27)28-14-7-4-8-15-28/h3-19,24,26,32,36H,2,20-23,25H2,1H3/t32-/m1/s1. The van der Waals surface area contributed by atoms with Crippen LogP contribution in [-0.2, 0) is 11.3 Å². The topological polar surface area (TPSA) is 28.5 Å². The Bertz CT molecular complexity index is 1570. The molecule has 6 rings (SSSR count). The van der Waals surface area contributed by atoms with E-state index in [1.165, 1.54) is 27.6 Å². The van der Waals surface area contributed by atoms with Crippen LogP contribution in [0.15, 0.2) is 115 Å². The molecule has 0 radical (unpaired) electrons. The summed E-state index contributed by atoms with van der Waals surface area (Å²) in [4.78, 5) is 18.5. The molecule has 0 aliphatic carbocycles. The van der Waals surface area contributed by atoms with Crippen LogP contribution in [0.1, 0.15) is 47.6 Å². The number of carbonyl (C=O) groups is 1. The molecular formula is C36H36ClN3O. The number of piperazine rings is 1. The number of carbonyl (C=O) groups excluding carboxylic acids is 1. The Kier molecular flexibility index (Phi) is 8.22. The van der Waals surface area contributed by atoms with E-state index < -0.39 is 0 Å². The SMILES string of the molecule is CCn1cc([C@H](CC(=O)N2CCN(C(c3ccccc3)c3ccccc3)CC2)c2cccc(Cl)c2)c2ccccc21. The molecule has 0 unspecified atom stereocenters. The molecular weight excluding hydrogens is 526 g/mol.